The maximum atomic E-state index is 12.9. The van der Waals surface area contributed by atoms with Crippen LogP contribution in [0.15, 0.2) is 53.4 Å². The summed E-state index contributed by atoms with van der Waals surface area (Å²) in [6.07, 6.45) is 0.965. The predicted molar refractivity (Wildman–Crippen MR) is 99.3 cm³/mol. The lowest BCUT2D eigenvalue weighted by Gasteiger charge is -2.23. The molecule has 0 radical (unpaired) electrons. The first kappa shape index (κ1) is 19.4. The largest absolute Gasteiger partial charge is 0.460 e. The van der Waals surface area contributed by atoms with Crippen molar-refractivity contribution in [2.75, 3.05) is 6.54 Å². The Balaban J connectivity index is 1.75. The molecule has 0 spiro atoms. The molecular formula is C19H17ClN2O4S. The highest BCUT2D eigenvalue weighted by molar-refractivity contribution is 7.89. The molecule has 2 aromatic rings. The van der Waals surface area contributed by atoms with E-state index in [9.17, 15) is 13.2 Å². The Labute approximate surface area is 163 Å². The van der Waals surface area contributed by atoms with E-state index in [0.29, 0.717) is 29.0 Å². The van der Waals surface area contributed by atoms with Crippen LogP contribution in [0.1, 0.15) is 24.0 Å². The number of benzene rings is 2. The third-order valence-electron chi connectivity index (χ3n) is 4.40. The highest BCUT2D eigenvalue weighted by Crippen LogP contribution is 2.28. The van der Waals surface area contributed by atoms with Crippen LogP contribution in [0.4, 0.5) is 0 Å². The van der Waals surface area contributed by atoms with Gasteiger partial charge in [0.1, 0.15) is 12.6 Å². The zero-order valence-electron chi connectivity index (χ0n) is 14.3. The van der Waals surface area contributed by atoms with Gasteiger partial charge in [0, 0.05) is 17.1 Å². The van der Waals surface area contributed by atoms with Crippen molar-refractivity contribution in [3.63, 3.8) is 0 Å². The minimum atomic E-state index is -3.82. The second-order valence-corrected chi connectivity index (χ2v) is 8.43. The zero-order chi connectivity index (χ0) is 19.4. The van der Waals surface area contributed by atoms with E-state index >= 15 is 0 Å². The van der Waals surface area contributed by atoms with Crippen LogP contribution in [-0.4, -0.2) is 31.3 Å². The number of hydrogen-bond donors (Lipinski definition) is 0. The number of sulfonamides is 1. The molecule has 1 heterocycles. The van der Waals surface area contributed by atoms with E-state index in [1.54, 1.807) is 24.3 Å². The molecule has 1 aliphatic rings. The molecule has 27 heavy (non-hydrogen) atoms. The number of carbonyl (C=O) groups is 1. The number of ether oxygens (including phenoxy) is 1. The lowest BCUT2D eigenvalue weighted by atomic mass is 10.1. The normalized spacial score (nSPS) is 17.4. The minimum Gasteiger partial charge on any atom is -0.460 e. The summed E-state index contributed by atoms with van der Waals surface area (Å²) in [6.45, 7) is 0.174. The number of carbonyl (C=O) groups excluding carboxylic acids is 1. The molecule has 0 saturated carbocycles. The standard InChI is InChI=1S/C19H17ClN2O4S/c20-16-7-9-17(10-8-16)27(24,25)22-11-3-6-18(22)19(23)26-13-15-5-2-1-4-14(15)12-21/h1-2,4-5,7-10,18H,3,6,11,13H2/t18-/m0/s1. The average Bonchev–Trinajstić information content (AvgIpc) is 3.17. The maximum absolute atomic E-state index is 12.9. The molecule has 3 rings (SSSR count). The van der Waals surface area contributed by atoms with Gasteiger partial charge in [-0.25, -0.2) is 8.42 Å². The summed E-state index contributed by atoms with van der Waals surface area (Å²) >= 11 is 5.82. The fourth-order valence-corrected chi connectivity index (χ4v) is 4.78. The molecule has 1 aliphatic heterocycles. The van der Waals surface area contributed by atoms with Crippen molar-refractivity contribution in [2.24, 2.45) is 0 Å². The molecule has 0 unspecified atom stereocenters. The molecule has 0 N–H and O–H groups in total. The second-order valence-electron chi connectivity index (χ2n) is 6.10. The van der Waals surface area contributed by atoms with Crippen LogP contribution in [0.25, 0.3) is 0 Å². The van der Waals surface area contributed by atoms with Crippen LogP contribution in [0.2, 0.25) is 5.02 Å². The third-order valence-corrected chi connectivity index (χ3v) is 6.58. The number of nitrogens with zero attached hydrogens (tertiary/aromatic N) is 2. The van der Waals surface area contributed by atoms with E-state index in [-0.39, 0.29) is 18.0 Å². The van der Waals surface area contributed by atoms with E-state index in [4.69, 9.17) is 21.6 Å². The van der Waals surface area contributed by atoms with Crippen molar-refractivity contribution in [2.45, 2.75) is 30.4 Å². The van der Waals surface area contributed by atoms with E-state index in [1.807, 2.05) is 6.07 Å². The van der Waals surface area contributed by atoms with Crippen LogP contribution in [-0.2, 0) is 26.2 Å². The molecule has 1 saturated heterocycles. The minimum absolute atomic E-state index is 0.0755. The lowest BCUT2D eigenvalue weighted by Crippen LogP contribution is -2.41. The first-order valence-corrected chi connectivity index (χ1v) is 10.2. The molecule has 0 amide bonds. The average molecular weight is 405 g/mol. The number of rotatable bonds is 5. The third kappa shape index (κ3) is 4.14. The first-order chi connectivity index (χ1) is 12.9. The monoisotopic (exact) mass is 404 g/mol. The van der Waals surface area contributed by atoms with Crippen molar-refractivity contribution in [3.8, 4) is 6.07 Å². The summed E-state index contributed by atoms with van der Waals surface area (Å²) in [5, 5.41) is 9.53. The van der Waals surface area contributed by atoms with Gasteiger partial charge in [-0.3, -0.25) is 4.79 Å². The van der Waals surface area contributed by atoms with E-state index < -0.39 is 22.0 Å². The number of halogens is 1. The predicted octanol–water partition coefficient (Wildman–Crippen LogP) is 3.11. The summed E-state index contributed by atoms with van der Waals surface area (Å²) in [5.74, 6) is -0.613. The van der Waals surface area contributed by atoms with Crippen molar-refractivity contribution < 1.29 is 17.9 Å². The Morgan fingerprint density at radius 1 is 1.22 bits per heavy atom. The second kappa shape index (κ2) is 8.09. The van der Waals surface area contributed by atoms with Crippen molar-refractivity contribution in [1.82, 2.24) is 4.31 Å². The maximum Gasteiger partial charge on any atom is 0.324 e. The molecule has 2 aromatic carbocycles. The van der Waals surface area contributed by atoms with Crippen LogP contribution >= 0.6 is 11.6 Å². The van der Waals surface area contributed by atoms with Crippen LogP contribution in [0, 0.1) is 11.3 Å². The topological polar surface area (TPSA) is 87.5 Å². The van der Waals surface area contributed by atoms with Crippen molar-refractivity contribution in [3.05, 3.63) is 64.7 Å². The van der Waals surface area contributed by atoms with Gasteiger partial charge < -0.3 is 4.74 Å². The molecule has 0 aliphatic carbocycles. The van der Waals surface area contributed by atoms with Crippen LogP contribution in [0.5, 0.6) is 0 Å². The molecule has 0 aromatic heterocycles. The van der Waals surface area contributed by atoms with E-state index in [2.05, 4.69) is 0 Å². The Bertz CT molecular complexity index is 984. The molecule has 8 heteroatoms. The fraction of sp³-hybridized carbons (Fsp3) is 0.263. The molecule has 140 valence electrons. The number of hydrogen-bond acceptors (Lipinski definition) is 5. The smallest absolute Gasteiger partial charge is 0.324 e. The van der Waals surface area contributed by atoms with Gasteiger partial charge in [0.05, 0.1) is 16.5 Å². The Hall–Kier alpha value is -2.40. The van der Waals surface area contributed by atoms with E-state index in [1.165, 1.54) is 28.6 Å². The van der Waals surface area contributed by atoms with Gasteiger partial charge in [0.2, 0.25) is 10.0 Å². The van der Waals surface area contributed by atoms with Crippen molar-refractivity contribution >= 4 is 27.6 Å². The van der Waals surface area contributed by atoms with Crippen LogP contribution in [0.3, 0.4) is 0 Å². The van der Waals surface area contributed by atoms with Gasteiger partial charge in [-0.1, -0.05) is 29.8 Å². The summed E-state index contributed by atoms with van der Waals surface area (Å²) in [7, 11) is -3.82. The highest BCUT2D eigenvalue weighted by Gasteiger charge is 2.40. The highest BCUT2D eigenvalue weighted by atomic mass is 35.5. The van der Waals surface area contributed by atoms with Crippen LogP contribution < -0.4 is 0 Å². The van der Waals surface area contributed by atoms with E-state index in [0.717, 1.165) is 0 Å². The van der Waals surface area contributed by atoms with Gasteiger partial charge >= 0.3 is 5.97 Å². The zero-order valence-corrected chi connectivity index (χ0v) is 15.9. The summed E-state index contributed by atoms with van der Waals surface area (Å²) < 4.78 is 32.2. The molecule has 0 bridgehead atoms. The summed E-state index contributed by atoms with van der Waals surface area (Å²) in [5.41, 5.74) is 1.00. The quantitative estimate of drug-likeness (QED) is 0.714. The summed E-state index contributed by atoms with van der Waals surface area (Å²) in [4.78, 5) is 12.6. The number of esters is 1. The lowest BCUT2D eigenvalue weighted by molar-refractivity contribution is -0.148. The first-order valence-electron chi connectivity index (χ1n) is 8.35. The molecular weight excluding hydrogens is 388 g/mol. The van der Waals surface area contributed by atoms with Gasteiger partial charge in [0.25, 0.3) is 0 Å². The van der Waals surface area contributed by atoms with Gasteiger partial charge in [-0.15, -0.1) is 0 Å². The van der Waals surface area contributed by atoms with Gasteiger partial charge in [-0.05, 0) is 43.2 Å². The molecule has 1 fully saturated rings. The molecule has 1 atom stereocenters. The Morgan fingerprint density at radius 3 is 2.63 bits per heavy atom. The van der Waals surface area contributed by atoms with Gasteiger partial charge in [-0.2, -0.15) is 9.57 Å². The van der Waals surface area contributed by atoms with Gasteiger partial charge in [0.15, 0.2) is 0 Å². The molecule has 6 nitrogen and oxygen atoms in total. The fourth-order valence-electron chi connectivity index (χ4n) is 3.01. The SMILES string of the molecule is N#Cc1ccccc1COC(=O)[C@@H]1CCCN1S(=O)(=O)c1ccc(Cl)cc1. The summed E-state index contributed by atoms with van der Waals surface area (Å²) in [6, 6.07) is 13.8. The van der Waals surface area contributed by atoms with Crippen molar-refractivity contribution in [1.29, 1.82) is 5.26 Å². The number of nitriles is 1. The Kier molecular flexibility index (Phi) is 5.80. The Morgan fingerprint density at radius 2 is 1.93 bits per heavy atom.